The Morgan fingerprint density at radius 3 is 2.43 bits per heavy atom. The molecule has 1 amide bonds. The number of halogens is 1. The maximum atomic E-state index is 12.5. The third kappa shape index (κ3) is 8.12. The Morgan fingerprint density at radius 1 is 1.03 bits per heavy atom. The topological polar surface area (TPSA) is 107 Å². The van der Waals surface area contributed by atoms with Gasteiger partial charge in [-0.1, -0.05) is 35.9 Å². The van der Waals surface area contributed by atoms with E-state index in [4.69, 9.17) is 25.8 Å². The van der Waals surface area contributed by atoms with Gasteiger partial charge in [-0.05, 0) is 60.5 Å². The Bertz CT molecular complexity index is 1350. The Balaban J connectivity index is 1.67. The second-order valence-corrected chi connectivity index (χ2v) is 10.1. The highest BCUT2D eigenvalue weighted by atomic mass is 35.5. The maximum absolute atomic E-state index is 12.5. The number of para-hydroxylation sites is 2. The number of methoxy groups -OCH3 is 1. The van der Waals surface area contributed by atoms with Gasteiger partial charge in [0.25, 0.3) is 5.91 Å². The Hall–Kier alpha value is -3.76. The molecule has 0 aromatic heterocycles. The fraction of sp³-hybridized carbons (Fsp3) is 0.231. The molecule has 196 valence electrons. The lowest BCUT2D eigenvalue weighted by Gasteiger charge is -2.23. The normalized spacial score (nSPS) is 11.2. The molecule has 0 saturated carbocycles. The number of carbonyl (C=O) groups excluding carboxylic acids is 1. The van der Waals surface area contributed by atoms with Crippen LogP contribution in [0, 0.1) is 0 Å². The second kappa shape index (κ2) is 13.0. The zero-order valence-corrected chi connectivity index (χ0v) is 22.3. The van der Waals surface area contributed by atoms with Crippen LogP contribution in [0.15, 0.2) is 71.8 Å². The van der Waals surface area contributed by atoms with Gasteiger partial charge in [0.05, 0.1) is 31.9 Å². The van der Waals surface area contributed by atoms with Crippen LogP contribution in [0.1, 0.15) is 18.1 Å². The number of anilines is 1. The highest BCUT2D eigenvalue weighted by Gasteiger charge is 2.23. The summed E-state index contributed by atoms with van der Waals surface area (Å²) in [6.45, 7) is 2.15. The minimum absolute atomic E-state index is 0.252. The summed E-state index contributed by atoms with van der Waals surface area (Å²) < 4.78 is 42.5. The van der Waals surface area contributed by atoms with Crippen molar-refractivity contribution in [1.29, 1.82) is 0 Å². The molecule has 0 spiro atoms. The van der Waals surface area contributed by atoms with E-state index >= 15 is 0 Å². The predicted molar refractivity (Wildman–Crippen MR) is 144 cm³/mol. The number of hydrazone groups is 1. The maximum Gasteiger partial charge on any atom is 0.260 e. The quantitative estimate of drug-likeness (QED) is 0.269. The van der Waals surface area contributed by atoms with Crippen LogP contribution < -0.4 is 23.9 Å². The van der Waals surface area contributed by atoms with Crippen LogP contribution in [0.25, 0.3) is 0 Å². The molecule has 1 N–H and O–H groups in total. The summed E-state index contributed by atoms with van der Waals surface area (Å²) in [7, 11) is -2.34. The van der Waals surface area contributed by atoms with Crippen molar-refractivity contribution >= 4 is 39.4 Å². The van der Waals surface area contributed by atoms with Gasteiger partial charge in [0.2, 0.25) is 10.0 Å². The van der Waals surface area contributed by atoms with Crippen molar-refractivity contribution in [3.8, 4) is 17.2 Å². The van der Waals surface area contributed by atoms with E-state index in [1.165, 1.54) is 13.3 Å². The van der Waals surface area contributed by atoms with Crippen molar-refractivity contribution < 1.29 is 27.4 Å². The summed E-state index contributed by atoms with van der Waals surface area (Å²) in [4.78, 5) is 12.5. The van der Waals surface area contributed by atoms with E-state index in [1.807, 2.05) is 19.1 Å². The molecule has 0 unspecified atom stereocenters. The molecule has 0 aliphatic rings. The van der Waals surface area contributed by atoms with Gasteiger partial charge in [0.15, 0.2) is 11.5 Å². The number of sulfonamides is 1. The minimum atomic E-state index is -3.76. The van der Waals surface area contributed by atoms with Crippen LogP contribution in [-0.2, 0) is 21.4 Å². The average Bonchev–Trinajstić information content (AvgIpc) is 2.87. The Kier molecular flexibility index (Phi) is 9.76. The molecule has 0 atom stereocenters. The first kappa shape index (κ1) is 27.8. The summed E-state index contributed by atoms with van der Waals surface area (Å²) in [6.07, 6.45) is 2.44. The molecular weight excluding hydrogens is 518 g/mol. The number of nitrogens with one attached hydrogen (secondary N) is 1. The van der Waals surface area contributed by atoms with Gasteiger partial charge in [-0.15, -0.1) is 0 Å². The molecule has 9 nitrogen and oxygen atoms in total. The van der Waals surface area contributed by atoms with Crippen molar-refractivity contribution in [2.24, 2.45) is 5.10 Å². The SMILES string of the molecule is CCOc1cc(/C=N\NC(=O)CN(c2ccccc2OC)S(C)(=O)=O)ccc1OCc1ccc(Cl)cc1. The van der Waals surface area contributed by atoms with Gasteiger partial charge < -0.3 is 14.2 Å². The number of hydrogen-bond donors (Lipinski definition) is 1. The number of benzene rings is 3. The molecule has 3 rings (SSSR count). The highest BCUT2D eigenvalue weighted by Crippen LogP contribution is 2.30. The van der Waals surface area contributed by atoms with E-state index in [2.05, 4.69) is 10.5 Å². The summed E-state index contributed by atoms with van der Waals surface area (Å²) in [5.41, 5.74) is 4.21. The molecule has 0 heterocycles. The number of rotatable bonds is 12. The molecule has 0 aliphatic heterocycles. The van der Waals surface area contributed by atoms with Gasteiger partial charge >= 0.3 is 0 Å². The van der Waals surface area contributed by atoms with E-state index in [0.29, 0.717) is 41.0 Å². The third-order valence-corrected chi connectivity index (χ3v) is 6.40. The van der Waals surface area contributed by atoms with Crippen molar-refractivity contribution in [3.05, 3.63) is 82.9 Å². The molecular formula is C26H28ClN3O6S. The average molecular weight is 546 g/mol. The van der Waals surface area contributed by atoms with Gasteiger partial charge in [-0.25, -0.2) is 13.8 Å². The lowest BCUT2D eigenvalue weighted by atomic mass is 10.2. The number of hydrogen-bond acceptors (Lipinski definition) is 7. The lowest BCUT2D eigenvalue weighted by Crippen LogP contribution is -2.39. The minimum Gasteiger partial charge on any atom is -0.495 e. The van der Waals surface area contributed by atoms with E-state index in [9.17, 15) is 13.2 Å². The molecule has 0 aliphatic carbocycles. The van der Waals surface area contributed by atoms with Crippen LogP contribution in [0.3, 0.4) is 0 Å². The number of carbonyl (C=O) groups is 1. The van der Waals surface area contributed by atoms with Crippen molar-refractivity contribution in [2.45, 2.75) is 13.5 Å². The van der Waals surface area contributed by atoms with Gasteiger partial charge in [0, 0.05) is 5.02 Å². The fourth-order valence-electron chi connectivity index (χ4n) is 3.30. The Morgan fingerprint density at radius 2 is 1.76 bits per heavy atom. The molecule has 37 heavy (non-hydrogen) atoms. The smallest absolute Gasteiger partial charge is 0.260 e. The highest BCUT2D eigenvalue weighted by molar-refractivity contribution is 7.92. The summed E-state index contributed by atoms with van der Waals surface area (Å²) in [5, 5.41) is 4.61. The van der Waals surface area contributed by atoms with Crippen LogP contribution in [0.5, 0.6) is 17.2 Å². The van der Waals surface area contributed by atoms with Crippen molar-refractivity contribution in [1.82, 2.24) is 5.43 Å². The second-order valence-electron chi connectivity index (χ2n) is 7.79. The molecule has 3 aromatic carbocycles. The van der Waals surface area contributed by atoms with Crippen LogP contribution in [0.4, 0.5) is 5.69 Å². The number of amides is 1. The van der Waals surface area contributed by atoms with E-state index in [0.717, 1.165) is 16.1 Å². The van der Waals surface area contributed by atoms with E-state index in [-0.39, 0.29) is 5.69 Å². The largest absolute Gasteiger partial charge is 0.495 e. The molecule has 0 saturated heterocycles. The van der Waals surface area contributed by atoms with Crippen LogP contribution >= 0.6 is 11.6 Å². The summed E-state index contributed by atoms with van der Waals surface area (Å²) in [5.74, 6) is 0.774. The molecule has 0 bridgehead atoms. The zero-order valence-electron chi connectivity index (χ0n) is 20.7. The first-order chi connectivity index (χ1) is 17.7. The standard InChI is InChI=1S/C26H28ClN3O6S/c1-4-35-25-15-20(11-14-24(25)36-18-19-9-12-21(27)13-10-19)16-28-29-26(31)17-30(37(3,32)33)22-7-5-6-8-23(22)34-2/h5-16H,4,17-18H2,1-3H3,(H,29,31)/b28-16-. The van der Waals surface area contributed by atoms with Crippen molar-refractivity contribution in [2.75, 3.05) is 30.8 Å². The zero-order chi connectivity index (χ0) is 26.8. The van der Waals surface area contributed by atoms with Crippen LogP contribution in [-0.4, -0.2) is 47.1 Å². The lowest BCUT2D eigenvalue weighted by molar-refractivity contribution is -0.119. The molecule has 0 radical (unpaired) electrons. The first-order valence-electron chi connectivity index (χ1n) is 11.3. The van der Waals surface area contributed by atoms with Gasteiger partial charge in [-0.3, -0.25) is 9.10 Å². The van der Waals surface area contributed by atoms with Crippen molar-refractivity contribution in [3.63, 3.8) is 0 Å². The Labute approximate surface area is 221 Å². The van der Waals surface area contributed by atoms with E-state index in [1.54, 1.807) is 54.6 Å². The summed E-state index contributed by atoms with van der Waals surface area (Å²) in [6, 6.07) is 19.1. The van der Waals surface area contributed by atoms with Gasteiger partial charge in [-0.2, -0.15) is 5.10 Å². The third-order valence-electron chi connectivity index (χ3n) is 5.02. The monoisotopic (exact) mass is 545 g/mol. The van der Waals surface area contributed by atoms with Gasteiger partial charge in [0.1, 0.15) is 18.9 Å². The molecule has 3 aromatic rings. The summed E-state index contributed by atoms with van der Waals surface area (Å²) >= 11 is 5.93. The number of nitrogens with zero attached hydrogens (tertiary/aromatic N) is 2. The fourth-order valence-corrected chi connectivity index (χ4v) is 4.28. The number of ether oxygens (including phenoxy) is 3. The predicted octanol–water partition coefficient (Wildman–Crippen LogP) is 4.24. The first-order valence-corrected chi connectivity index (χ1v) is 13.5. The van der Waals surface area contributed by atoms with E-state index < -0.39 is 22.5 Å². The van der Waals surface area contributed by atoms with Crippen LogP contribution in [0.2, 0.25) is 5.02 Å². The molecule has 11 heteroatoms. The molecule has 0 fully saturated rings.